The number of carbonyl (C=O) groups is 2. The molecule has 1 amide bonds. The Morgan fingerprint density at radius 2 is 2.32 bits per heavy atom. The lowest BCUT2D eigenvalue weighted by molar-refractivity contribution is -0.159. The summed E-state index contributed by atoms with van der Waals surface area (Å²) >= 11 is 0. The number of nitrogens with zero attached hydrogens (tertiary/aromatic N) is 2. The summed E-state index contributed by atoms with van der Waals surface area (Å²) in [5, 5.41) is 0. The third-order valence-corrected chi connectivity index (χ3v) is 3.79. The van der Waals surface area contributed by atoms with Crippen LogP contribution in [0.1, 0.15) is 24.8 Å². The summed E-state index contributed by atoms with van der Waals surface area (Å²) in [7, 11) is 1.22. The summed E-state index contributed by atoms with van der Waals surface area (Å²) in [6, 6.07) is 3.94. The molecule has 22 heavy (non-hydrogen) atoms. The number of hydrogen-bond acceptors (Lipinski definition) is 5. The molecule has 2 rings (SSSR count). The Labute approximate surface area is 130 Å². The summed E-state index contributed by atoms with van der Waals surface area (Å²) in [5.41, 5.74) is 1.19. The van der Waals surface area contributed by atoms with Gasteiger partial charge in [0.15, 0.2) is 0 Å². The molecular weight excluding hydrogens is 284 g/mol. The van der Waals surface area contributed by atoms with Crippen molar-refractivity contribution in [1.29, 1.82) is 0 Å². The van der Waals surface area contributed by atoms with Crippen molar-refractivity contribution in [1.82, 2.24) is 9.88 Å². The summed E-state index contributed by atoms with van der Waals surface area (Å²) in [5.74, 6) is -1.37. The van der Waals surface area contributed by atoms with Crippen molar-refractivity contribution in [2.24, 2.45) is 0 Å². The van der Waals surface area contributed by atoms with Gasteiger partial charge in [0.25, 0.3) is 0 Å². The first kappa shape index (κ1) is 16.4. The number of aryl methyl sites for hydroxylation is 1. The van der Waals surface area contributed by atoms with E-state index in [9.17, 15) is 9.59 Å². The van der Waals surface area contributed by atoms with Crippen molar-refractivity contribution in [2.45, 2.75) is 31.7 Å². The number of ether oxygens (including phenoxy) is 2. The fourth-order valence-electron chi connectivity index (χ4n) is 2.62. The van der Waals surface area contributed by atoms with Crippen molar-refractivity contribution in [3.63, 3.8) is 0 Å². The predicted molar refractivity (Wildman–Crippen MR) is 80.1 cm³/mol. The SMILES string of the molecule is COC(=O)C(=O)N1CCC[C@H]1COCCCc1cccnc1. The number of amides is 1. The third-order valence-electron chi connectivity index (χ3n) is 3.79. The zero-order chi connectivity index (χ0) is 15.8. The van der Waals surface area contributed by atoms with E-state index in [2.05, 4.69) is 9.72 Å². The van der Waals surface area contributed by atoms with Gasteiger partial charge in [-0.25, -0.2) is 4.79 Å². The number of carbonyl (C=O) groups excluding carboxylic acids is 2. The summed E-state index contributed by atoms with van der Waals surface area (Å²) in [6.07, 6.45) is 7.20. The molecule has 1 aromatic rings. The lowest BCUT2D eigenvalue weighted by atomic mass is 10.2. The number of esters is 1. The first-order valence-electron chi connectivity index (χ1n) is 7.58. The molecule has 2 heterocycles. The molecule has 0 unspecified atom stereocenters. The highest BCUT2D eigenvalue weighted by Crippen LogP contribution is 2.18. The molecule has 1 saturated heterocycles. The molecule has 120 valence electrons. The molecule has 1 aliphatic heterocycles. The Hall–Kier alpha value is -1.95. The van der Waals surface area contributed by atoms with Crippen LogP contribution in [0.25, 0.3) is 0 Å². The molecule has 6 nitrogen and oxygen atoms in total. The van der Waals surface area contributed by atoms with E-state index in [1.54, 1.807) is 11.1 Å². The molecule has 0 spiro atoms. The molecule has 1 fully saturated rings. The van der Waals surface area contributed by atoms with Crippen LogP contribution in [0, 0.1) is 0 Å². The van der Waals surface area contributed by atoms with Gasteiger partial charge >= 0.3 is 11.9 Å². The first-order valence-corrected chi connectivity index (χ1v) is 7.58. The normalized spacial score (nSPS) is 17.5. The maximum Gasteiger partial charge on any atom is 0.396 e. The van der Waals surface area contributed by atoms with Crippen molar-refractivity contribution < 1.29 is 19.1 Å². The van der Waals surface area contributed by atoms with E-state index in [1.165, 1.54) is 12.7 Å². The van der Waals surface area contributed by atoms with Gasteiger partial charge in [0, 0.05) is 25.5 Å². The van der Waals surface area contributed by atoms with Gasteiger partial charge in [-0.05, 0) is 37.3 Å². The quantitative estimate of drug-likeness (QED) is 0.449. The van der Waals surface area contributed by atoms with E-state index in [1.807, 2.05) is 18.3 Å². The number of likely N-dealkylation sites (tertiary alicyclic amines) is 1. The number of aromatic nitrogens is 1. The van der Waals surface area contributed by atoms with Gasteiger partial charge < -0.3 is 14.4 Å². The maximum absolute atomic E-state index is 11.8. The Balaban J connectivity index is 1.67. The van der Waals surface area contributed by atoms with Crippen LogP contribution in [0.5, 0.6) is 0 Å². The molecule has 0 aromatic carbocycles. The van der Waals surface area contributed by atoms with Crippen molar-refractivity contribution in [3.8, 4) is 0 Å². The van der Waals surface area contributed by atoms with Crippen LogP contribution in [0.2, 0.25) is 0 Å². The number of rotatable bonds is 6. The Kier molecular flexibility index (Phi) is 6.33. The van der Waals surface area contributed by atoms with Gasteiger partial charge in [0.05, 0.1) is 19.8 Å². The molecule has 1 aliphatic rings. The Morgan fingerprint density at radius 1 is 1.45 bits per heavy atom. The monoisotopic (exact) mass is 306 g/mol. The van der Waals surface area contributed by atoms with Gasteiger partial charge in [-0.2, -0.15) is 0 Å². The highest BCUT2D eigenvalue weighted by Gasteiger charge is 2.33. The molecule has 0 radical (unpaired) electrons. The summed E-state index contributed by atoms with van der Waals surface area (Å²) in [4.78, 5) is 28.8. The smallest absolute Gasteiger partial charge is 0.396 e. The zero-order valence-corrected chi connectivity index (χ0v) is 12.9. The van der Waals surface area contributed by atoms with Gasteiger partial charge in [0.1, 0.15) is 0 Å². The molecule has 0 aliphatic carbocycles. The third kappa shape index (κ3) is 4.53. The highest BCUT2D eigenvalue weighted by molar-refractivity contribution is 6.32. The standard InChI is InChI=1S/C16H22N2O4/c1-21-16(20)15(19)18-9-3-7-14(18)12-22-10-4-6-13-5-2-8-17-11-13/h2,5,8,11,14H,3-4,6-7,9-10,12H2,1H3/t14-/m0/s1. The molecule has 0 bridgehead atoms. The fraction of sp³-hybridized carbons (Fsp3) is 0.562. The number of pyridine rings is 1. The molecule has 1 atom stereocenters. The minimum Gasteiger partial charge on any atom is -0.462 e. The lowest BCUT2D eigenvalue weighted by Crippen LogP contribution is -2.42. The van der Waals surface area contributed by atoms with E-state index >= 15 is 0 Å². The average molecular weight is 306 g/mol. The zero-order valence-electron chi connectivity index (χ0n) is 12.9. The van der Waals surface area contributed by atoms with Crippen LogP contribution in [0.4, 0.5) is 0 Å². The minimum atomic E-state index is -0.802. The van der Waals surface area contributed by atoms with Crippen LogP contribution in [0.3, 0.4) is 0 Å². The summed E-state index contributed by atoms with van der Waals surface area (Å²) < 4.78 is 10.2. The van der Waals surface area contributed by atoms with Crippen LogP contribution >= 0.6 is 0 Å². The predicted octanol–water partition coefficient (Wildman–Crippen LogP) is 1.19. The maximum atomic E-state index is 11.8. The van der Waals surface area contributed by atoms with Gasteiger partial charge in [-0.15, -0.1) is 0 Å². The first-order chi connectivity index (χ1) is 10.7. The number of methoxy groups -OCH3 is 1. The molecule has 1 aromatic heterocycles. The van der Waals surface area contributed by atoms with Crippen molar-refractivity contribution in [2.75, 3.05) is 26.9 Å². The Morgan fingerprint density at radius 3 is 3.05 bits per heavy atom. The van der Waals surface area contributed by atoms with Crippen molar-refractivity contribution in [3.05, 3.63) is 30.1 Å². The van der Waals surface area contributed by atoms with Gasteiger partial charge in [0.2, 0.25) is 0 Å². The van der Waals surface area contributed by atoms with Gasteiger partial charge in [-0.1, -0.05) is 6.07 Å². The van der Waals surface area contributed by atoms with Crippen molar-refractivity contribution >= 4 is 11.9 Å². The van der Waals surface area contributed by atoms with E-state index < -0.39 is 11.9 Å². The largest absolute Gasteiger partial charge is 0.462 e. The van der Waals surface area contributed by atoms with Crippen LogP contribution < -0.4 is 0 Å². The van der Waals surface area contributed by atoms with E-state index in [0.717, 1.165) is 25.7 Å². The summed E-state index contributed by atoms with van der Waals surface area (Å²) in [6.45, 7) is 1.69. The second-order valence-corrected chi connectivity index (χ2v) is 5.33. The molecule has 6 heteroatoms. The lowest BCUT2D eigenvalue weighted by Gasteiger charge is -2.23. The molecular formula is C16H22N2O4. The second-order valence-electron chi connectivity index (χ2n) is 5.33. The number of hydrogen-bond donors (Lipinski definition) is 0. The second kappa shape index (κ2) is 8.48. The van der Waals surface area contributed by atoms with Crippen LogP contribution in [-0.2, 0) is 25.5 Å². The van der Waals surface area contributed by atoms with Crippen LogP contribution in [-0.4, -0.2) is 54.7 Å². The van der Waals surface area contributed by atoms with E-state index in [-0.39, 0.29) is 6.04 Å². The van der Waals surface area contributed by atoms with Crippen LogP contribution in [0.15, 0.2) is 24.5 Å². The highest BCUT2D eigenvalue weighted by atomic mass is 16.5. The molecule has 0 saturated carbocycles. The Bertz CT molecular complexity index is 492. The van der Waals surface area contributed by atoms with E-state index in [4.69, 9.17) is 4.74 Å². The minimum absolute atomic E-state index is 0.0232. The fourth-order valence-corrected chi connectivity index (χ4v) is 2.62. The molecule has 0 N–H and O–H groups in total. The average Bonchev–Trinajstić information content (AvgIpc) is 3.02. The van der Waals surface area contributed by atoms with Gasteiger partial charge in [-0.3, -0.25) is 9.78 Å². The topological polar surface area (TPSA) is 68.7 Å². The van der Waals surface area contributed by atoms with E-state index in [0.29, 0.717) is 19.8 Å².